The number of hydrogen-bond acceptors (Lipinski definition) is 1. The number of nitrogens with zero attached hydrogens (tertiary/aromatic N) is 1. The van der Waals surface area contributed by atoms with E-state index in [-0.39, 0.29) is 0 Å². The predicted molar refractivity (Wildman–Crippen MR) is 82.7 cm³/mol. The molecule has 0 unspecified atom stereocenters. The van der Waals surface area contributed by atoms with Gasteiger partial charge in [-0.25, -0.2) is 0 Å². The van der Waals surface area contributed by atoms with Crippen LogP contribution in [0.2, 0.25) is 0 Å². The van der Waals surface area contributed by atoms with Crippen molar-refractivity contribution in [2.24, 2.45) is 5.73 Å². The highest BCUT2D eigenvalue weighted by molar-refractivity contribution is 4.48. The molecule has 0 aromatic rings. The van der Waals surface area contributed by atoms with Crippen LogP contribution in [0.3, 0.4) is 0 Å². The lowest BCUT2D eigenvalue weighted by Crippen LogP contribution is -2.51. The molecule has 0 aliphatic heterocycles. The van der Waals surface area contributed by atoms with Crippen LogP contribution in [0.15, 0.2) is 0 Å². The van der Waals surface area contributed by atoms with Crippen molar-refractivity contribution in [3.63, 3.8) is 0 Å². The van der Waals surface area contributed by atoms with Gasteiger partial charge in [-0.3, -0.25) is 0 Å². The second kappa shape index (κ2) is 12.0. The second-order valence-corrected chi connectivity index (χ2v) is 5.68. The number of likely N-dealkylation sites (N-methyl/N-ethyl adjacent to an activating group) is 1. The van der Waals surface area contributed by atoms with Crippen LogP contribution in [0.5, 0.6) is 0 Å². The van der Waals surface area contributed by atoms with Gasteiger partial charge in [-0.1, -0.05) is 45.4 Å². The number of hydrogen-bond donors (Lipinski definition) is 1. The molecule has 2 heteroatoms. The zero-order chi connectivity index (χ0) is 13.7. The van der Waals surface area contributed by atoms with Crippen molar-refractivity contribution in [1.29, 1.82) is 0 Å². The van der Waals surface area contributed by atoms with Crippen LogP contribution in [0, 0.1) is 0 Å². The van der Waals surface area contributed by atoms with Gasteiger partial charge in [-0.15, -0.1) is 0 Å². The van der Waals surface area contributed by atoms with Gasteiger partial charge in [0.25, 0.3) is 0 Å². The lowest BCUT2D eigenvalue weighted by Gasteiger charge is -2.36. The van der Waals surface area contributed by atoms with Crippen molar-refractivity contribution < 1.29 is 4.48 Å². The Morgan fingerprint density at radius 2 is 1.17 bits per heavy atom. The largest absolute Gasteiger partial charge is 0.326 e. The fourth-order valence-corrected chi connectivity index (χ4v) is 2.82. The highest BCUT2D eigenvalue weighted by Crippen LogP contribution is 2.12. The summed E-state index contributed by atoms with van der Waals surface area (Å²) in [6, 6.07) is 0. The first-order chi connectivity index (χ1) is 8.74. The molecule has 0 aromatic heterocycles. The lowest BCUT2D eigenvalue weighted by molar-refractivity contribution is -0.923. The monoisotopic (exact) mass is 257 g/mol. The summed E-state index contributed by atoms with van der Waals surface area (Å²) in [5.74, 6) is 0. The Kier molecular flexibility index (Phi) is 11.9. The molecule has 0 bridgehead atoms. The van der Waals surface area contributed by atoms with E-state index in [0.717, 1.165) is 13.1 Å². The number of rotatable bonds is 13. The van der Waals surface area contributed by atoms with Crippen LogP contribution in [0.1, 0.15) is 72.1 Å². The molecule has 0 heterocycles. The first kappa shape index (κ1) is 17.9. The lowest BCUT2D eigenvalue weighted by atomic mass is 10.1. The minimum absolute atomic E-state index is 0.832. The SMILES string of the molecule is CCCCCCCCCC[N+](CC)(CC)CCN. The Bertz CT molecular complexity index is 164. The van der Waals surface area contributed by atoms with E-state index in [1.807, 2.05) is 0 Å². The summed E-state index contributed by atoms with van der Waals surface area (Å²) < 4.78 is 1.23. The van der Waals surface area contributed by atoms with Crippen LogP contribution in [-0.2, 0) is 0 Å². The summed E-state index contributed by atoms with van der Waals surface area (Å²) in [6.45, 7) is 12.7. The third-order valence-electron chi connectivity index (χ3n) is 4.43. The molecule has 0 rings (SSSR count). The highest BCUT2D eigenvalue weighted by atomic mass is 15.3. The molecule has 18 heavy (non-hydrogen) atoms. The van der Waals surface area contributed by atoms with Crippen molar-refractivity contribution in [2.75, 3.05) is 32.7 Å². The number of quaternary nitrogens is 1. The molecule has 0 fully saturated rings. The van der Waals surface area contributed by atoms with E-state index in [2.05, 4.69) is 20.8 Å². The molecule has 0 saturated heterocycles. The molecule has 2 nitrogen and oxygen atoms in total. The van der Waals surface area contributed by atoms with E-state index in [1.165, 1.54) is 75.5 Å². The van der Waals surface area contributed by atoms with Crippen LogP contribution < -0.4 is 5.73 Å². The van der Waals surface area contributed by atoms with Crippen molar-refractivity contribution in [3.8, 4) is 0 Å². The Balaban J connectivity index is 3.55. The minimum atomic E-state index is 0.832. The Morgan fingerprint density at radius 1 is 0.667 bits per heavy atom. The van der Waals surface area contributed by atoms with E-state index >= 15 is 0 Å². The van der Waals surface area contributed by atoms with Gasteiger partial charge in [0.05, 0.1) is 26.2 Å². The first-order valence-electron chi connectivity index (χ1n) is 8.29. The smallest absolute Gasteiger partial charge is 0.0911 e. The maximum absolute atomic E-state index is 5.75. The molecule has 0 aliphatic rings. The summed E-state index contributed by atoms with van der Waals surface area (Å²) in [4.78, 5) is 0. The highest BCUT2D eigenvalue weighted by Gasteiger charge is 2.20. The maximum Gasteiger partial charge on any atom is 0.0911 e. The van der Waals surface area contributed by atoms with E-state index in [4.69, 9.17) is 5.73 Å². The van der Waals surface area contributed by atoms with Gasteiger partial charge >= 0.3 is 0 Å². The molecule has 110 valence electrons. The second-order valence-electron chi connectivity index (χ2n) is 5.68. The predicted octanol–water partition coefficient (Wildman–Crippen LogP) is 3.94. The molecule has 0 atom stereocenters. The van der Waals surface area contributed by atoms with Gasteiger partial charge in [0.15, 0.2) is 0 Å². The molecule has 2 N–H and O–H groups in total. The zero-order valence-corrected chi connectivity index (χ0v) is 13.2. The Labute approximate surface area is 116 Å². The van der Waals surface area contributed by atoms with E-state index in [9.17, 15) is 0 Å². The fourth-order valence-electron chi connectivity index (χ4n) is 2.82. The molecule has 0 radical (unpaired) electrons. The molecule has 0 amide bonds. The third-order valence-corrected chi connectivity index (χ3v) is 4.43. The molecular formula is C16H37N2+. The van der Waals surface area contributed by atoms with Crippen molar-refractivity contribution in [1.82, 2.24) is 0 Å². The van der Waals surface area contributed by atoms with E-state index in [0.29, 0.717) is 0 Å². The first-order valence-corrected chi connectivity index (χ1v) is 8.29. The molecule has 0 saturated carbocycles. The summed E-state index contributed by atoms with van der Waals surface area (Å²) >= 11 is 0. The van der Waals surface area contributed by atoms with Gasteiger partial charge in [-0.2, -0.15) is 0 Å². The fraction of sp³-hybridized carbons (Fsp3) is 1.00. The van der Waals surface area contributed by atoms with Gasteiger partial charge in [0, 0.05) is 6.54 Å². The standard InChI is InChI=1S/C16H37N2/c1-4-7-8-9-10-11-12-13-15-18(5-2,6-3)16-14-17/h4-17H2,1-3H3/q+1. The average Bonchev–Trinajstić information content (AvgIpc) is 2.40. The van der Waals surface area contributed by atoms with Gasteiger partial charge in [0.1, 0.15) is 0 Å². The number of unbranched alkanes of at least 4 members (excludes halogenated alkanes) is 7. The van der Waals surface area contributed by atoms with Crippen molar-refractivity contribution in [2.45, 2.75) is 72.1 Å². The maximum atomic E-state index is 5.75. The minimum Gasteiger partial charge on any atom is -0.326 e. The summed E-state index contributed by atoms with van der Waals surface area (Å²) in [5.41, 5.74) is 5.75. The quantitative estimate of drug-likeness (QED) is 0.392. The van der Waals surface area contributed by atoms with Crippen LogP contribution in [0.4, 0.5) is 0 Å². The third kappa shape index (κ3) is 8.10. The van der Waals surface area contributed by atoms with Crippen molar-refractivity contribution >= 4 is 0 Å². The van der Waals surface area contributed by atoms with E-state index < -0.39 is 0 Å². The van der Waals surface area contributed by atoms with Crippen molar-refractivity contribution in [3.05, 3.63) is 0 Å². The summed E-state index contributed by atoms with van der Waals surface area (Å²) in [7, 11) is 0. The normalized spacial score (nSPS) is 12.0. The Hall–Kier alpha value is -0.0800. The van der Waals surface area contributed by atoms with Gasteiger partial charge < -0.3 is 10.2 Å². The zero-order valence-electron chi connectivity index (χ0n) is 13.2. The molecule has 0 aromatic carbocycles. The van der Waals surface area contributed by atoms with E-state index in [1.54, 1.807) is 0 Å². The molecule has 0 aliphatic carbocycles. The topological polar surface area (TPSA) is 26.0 Å². The average molecular weight is 257 g/mol. The van der Waals surface area contributed by atoms with Crippen LogP contribution in [-0.4, -0.2) is 37.2 Å². The van der Waals surface area contributed by atoms with Crippen LogP contribution >= 0.6 is 0 Å². The summed E-state index contributed by atoms with van der Waals surface area (Å²) in [5, 5.41) is 0. The summed E-state index contributed by atoms with van der Waals surface area (Å²) in [6.07, 6.45) is 11.3. The Morgan fingerprint density at radius 3 is 1.61 bits per heavy atom. The van der Waals surface area contributed by atoms with Crippen LogP contribution in [0.25, 0.3) is 0 Å². The number of nitrogens with two attached hydrogens (primary N) is 1. The van der Waals surface area contributed by atoms with Gasteiger partial charge in [0.2, 0.25) is 0 Å². The molecular weight excluding hydrogens is 220 g/mol. The van der Waals surface area contributed by atoms with Gasteiger partial charge in [-0.05, 0) is 26.7 Å². The molecule has 0 spiro atoms.